The molecule has 7 heteroatoms. The maximum Gasteiger partial charge on any atom is 0.178 e. The number of hydrogen-bond acceptors (Lipinski definition) is 3. The summed E-state index contributed by atoms with van der Waals surface area (Å²) in [5.74, 6) is 0.138. The van der Waals surface area contributed by atoms with Crippen LogP contribution in [0.2, 0.25) is 0 Å². The van der Waals surface area contributed by atoms with Crippen molar-refractivity contribution in [1.29, 1.82) is 0 Å². The first kappa shape index (κ1) is 12.8. The fourth-order valence-electron chi connectivity index (χ4n) is 2.60. The van der Waals surface area contributed by atoms with Gasteiger partial charge in [0.25, 0.3) is 0 Å². The molecular formula is C12H13FN2O2S2. The topological polar surface area (TPSA) is 54.9 Å². The molecule has 0 saturated carbocycles. The number of aromatic nitrogens is 2. The Bertz CT molecular complexity index is 792. The maximum atomic E-state index is 13.6. The normalized spacial score (nSPS) is 22.1. The van der Waals surface area contributed by atoms with Crippen molar-refractivity contribution in [2.75, 3.05) is 11.5 Å². The average molecular weight is 300 g/mol. The average Bonchev–Trinajstić information content (AvgIpc) is 2.83. The fourth-order valence-corrected chi connectivity index (χ4v) is 4.73. The zero-order valence-electron chi connectivity index (χ0n) is 10.1. The fraction of sp³-hybridized carbons (Fsp3) is 0.417. The second-order valence-corrected chi connectivity index (χ2v) is 7.56. The van der Waals surface area contributed by atoms with E-state index in [1.807, 2.05) is 0 Å². The van der Waals surface area contributed by atoms with Crippen LogP contribution in [-0.2, 0) is 16.4 Å². The number of benzene rings is 1. The molecule has 0 spiro atoms. The van der Waals surface area contributed by atoms with Gasteiger partial charge in [-0.05, 0) is 36.7 Å². The van der Waals surface area contributed by atoms with Crippen molar-refractivity contribution in [3.63, 3.8) is 0 Å². The van der Waals surface area contributed by atoms with Crippen LogP contribution in [0.4, 0.5) is 4.39 Å². The predicted octanol–water partition coefficient (Wildman–Crippen LogP) is 2.27. The first-order valence-corrected chi connectivity index (χ1v) is 8.27. The molecular weight excluding hydrogens is 287 g/mol. The summed E-state index contributed by atoms with van der Waals surface area (Å²) < 4.78 is 38.8. The SMILES string of the molecule is O=S1(=O)CCC(Cn2c(=S)[nH]c3c(F)cccc32)C1. The highest BCUT2D eigenvalue weighted by Crippen LogP contribution is 2.24. The van der Waals surface area contributed by atoms with Gasteiger partial charge in [0.05, 0.1) is 17.0 Å². The maximum absolute atomic E-state index is 13.6. The van der Waals surface area contributed by atoms with Gasteiger partial charge in [0.2, 0.25) is 0 Å². The monoisotopic (exact) mass is 300 g/mol. The molecule has 0 bridgehead atoms. The van der Waals surface area contributed by atoms with Gasteiger partial charge >= 0.3 is 0 Å². The van der Waals surface area contributed by atoms with Crippen LogP contribution in [0, 0.1) is 16.5 Å². The molecule has 1 aromatic heterocycles. The molecule has 1 aliphatic rings. The van der Waals surface area contributed by atoms with Crippen molar-refractivity contribution in [3.05, 3.63) is 28.8 Å². The number of nitrogens with one attached hydrogen (secondary N) is 1. The molecule has 0 amide bonds. The van der Waals surface area contributed by atoms with E-state index in [0.717, 1.165) is 0 Å². The van der Waals surface area contributed by atoms with E-state index in [0.29, 0.717) is 28.8 Å². The minimum absolute atomic E-state index is 0.0546. The number of sulfone groups is 1. The summed E-state index contributed by atoms with van der Waals surface area (Å²) in [6.45, 7) is 0.515. The van der Waals surface area contributed by atoms with Crippen molar-refractivity contribution < 1.29 is 12.8 Å². The first-order chi connectivity index (χ1) is 8.96. The smallest absolute Gasteiger partial charge is 0.178 e. The first-order valence-electron chi connectivity index (χ1n) is 6.04. The van der Waals surface area contributed by atoms with E-state index in [-0.39, 0.29) is 23.2 Å². The van der Waals surface area contributed by atoms with Gasteiger partial charge in [-0.25, -0.2) is 12.8 Å². The lowest BCUT2D eigenvalue weighted by molar-refractivity contribution is 0.495. The highest BCUT2D eigenvalue weighted by molar-refractivity contribution is 7.91. The van der Waals surface area contributed by atoms with Crippen molar-refractivity contribution in [2.45, 2.75) is 13.0 Å². The number of imidazole rings is 1. The van der Waals surface area contributed by atoms with E-state index in [1.54, 1.807) is 16.7 Å². The molecule has 0 radical (unpaired) electrons. The Hall–Kier alpha value is -1.21. The molecule has 3 rings (SSSR count). The van der Waals surface area contributed by atoms with Crippen LogP contribution in [0.5, 0.6) is 0 Å². The molecule has 1 atom stereocenters. The van der Waals surface area contributed by atoms with E-state index >= 15 is 0 Å². The van der Waals surface area contributed by atoms with Gasteiger partial charge in [-0.2, -0.15) is 0 Å². The third-order valence-corrected chi connectivity index (χ3v) is 5.69. The lowest BCUT2D eigenvalue weighted by Gasteiger charge is -2.09. The van der Waals surface area contributed by atoms with Crippen LogP contribution < -0.4 is 0 Å². The second-order valence-electron chi connectivity index (χ2n) is 4.94. The molecule has 19 heavy (non-hydrogen) atoms. The number of fused-ring (bicyclic) bond motifs is 1. The van der Waals surface area contributed by atoms with E-state index < -0.39 is 9.84 Å². The Morgan fingerprint density at radius 3 is 2.95 bits per heavy atom. The number of para-hydroxylation sites is 1. The Labute approximate surface area is 115 Å². The number of hydrogen-bond donors (Lipinski definition) is 1. The summed E-state index contributed by atoms with van der Waals surface area (Å²) in [5, 5.41) is 0. The molecule has 1 unspecified atom stereocenters. The highest BCUT2D eigenvalue weighted by atomic mass is 32.2. The zero-order chi connectivity index (χ0) is 13.6. The molecule has 102 valence electrons. The number of halogens is 1. The lowest BCUT2D eigenvalue weighted by atomic mass is 10.1. The number of rotatable bonds is 2. The Balaban J connectivity index is 2.00. The molecule has 2 heterocycles. The quantitative estimate of drug-likeness (QED) is 0.866. The Morgan fingerprint density at radius 1 is 1.47 bits per heavy atom. The van der Waals surface area contributed by atoms with Crippen LogP contribution in [0.3, 0.4) is 0 Å². The van der Waals surface area contributed by atoms with Gasteiger partial charge in [0, 0.05) is 6.54 Å². The van der Waals surface area contributed by atoms with Gasteiger partial charge in [0.1, 0.15) is 11.3 Å². The van der Waals surface area contributed by atoms with E-state index in [9.17, 15) is 12.8 Å². The molecule has 1 aromatic carbocycles. The molecule has 2 aromatic rings. The molecule has 1 saturated heterocycles. The zero-order valence-corrected chi connectivity index (χ0v) is 11.7. The molecule has 0 aliphatic carbocycles. The summed E-state index contributed by atoms with van der Waals surface area (Å²) in [7, 11) is -2.90. The van der Waals surface area contributed by atoms with Gasteiger partial charge in [-0.15, -0.1) is 0 Å². The van der Waals surface area contributed by atoms with Crippen LogP contribution >= 0.6 is 12.2 Å². The summed E-state index contributed by atoms with van der Waals surface area (Å²) in [6, 6.07) is 4.79. The third-order valence-electron chi connectivity index (χ3n) is 3.53. The standard InChI is InChI=1S/C12H13FN2O2S2/c13-9-2-1-3-10-11(9)14-12(18)15(10)6-8-4-5-19(16,17)7-8/h1-3,8H,4-7H2,(H,14,18). The molecule has 4 nitrogen and oxygen atoms in total. The van der Waals surface area contributed by atoms with Crippen molar-refractivity contribution in [1.82, 2.24) is 9.55 Å². The van der Waals surface area contributed by atoms with Crippen molar-refractivity contribution >= 4 is 33.1 Å². The largest absolute Gasteiger partial charge is 0.328 e. The Morgan fingerprint density at radius 2 is 2.26 bits per heavy atom. The van der Waals surface area contributed by atoms with Crippen LogP contribution in [0.1, 0.15) is 6.42 Å². The number of aromatic amines is 1. The van der Waals surface area contributed by atoms with Gasteiger partial charge in [-0.1, -0.05) is 6.07 Å². The minimum atomic E-state index is -2.90. The summed E-state index contributed by atoms with van der Waals surface area (Å²) in [6.07, 6.45) is 0.645. The van der Waals surface area contributed by atoms with Gasteiger partial charge in [-0.3, -0.25) is 0 Å². The number of nitrogens with zero attached hydrogens (tertiary/aromatic N) is 1. The predicted molar refractivity (Wildman–Crippen MR) is 73.8 cm³/mol. The van der Waals surface area contributed by atoms with Gasteiger partial charge < -0.3 is 9.55 Å². The van der Waals surface area contributed by atoms with Crippen molar-refractivity contribution in [2.24, 2.45) is 5.92 Å². The lowest BCUT2D eigenvalue weighted by Crippen LogP contribution is -2.12. The van der Waals surface area contributed by atoms with Crippen molar-refractivity contribution in [3.8, 4) is 0 Å². The Kier molecular flexibility index (Phi) is 2.98. The molecule has 1 aliphatic heterocycles. The highest BCUT2D eigenvalue weighted by Gasteiger charge is 2.28. The van der Waals surface area contributed by atoms with E-state index in [2.05, 4.69) is 4.98 Å². The molecule has 1 fully saturated rings. The third kappa shape index (κ3) is 2.32. The second kappa shape index (κ2) is 4.42. The van der Waals surface area contributed by atoms with Crippen LogP contribution in [0.15, 0.2) is 18.2 Å². The van der Waals surface area contributed by atoms with E-state index in [1.165, 1.54) is 6.07 Å². The summed E-state index contributed by atoms with van der Waals surface area (Å²) >= 11 is 5.20. The van der Waals surface area contributed by atoms with E-state index in [4.69, 9.17) is 12.2 Å². The number of H-pyrrole nitrogens is 1. The summed E-state index contributed by atoms with van der Waals surface area (Å²) in [4.78, 5) is 2.84. The summed E-state index contributed by atoms with van der Waals surface area (Å²) in [5.41, 5.74) is 1.07. The van der Waals surface area contributed by atoms with Gasteiger partial charge in [0.15, 0.2) is 14.6 Å². The van der Waals surface area contributed by atoms with Crippen LogP contribution in [0.25, 0.3) is 11.0 Å². The minimum Gasteiger partial charge on any atom is -0.328 e. The van der Waals surface area contributed by atoms with Crippen LogP contribution in [-0.4, -0.2) is 29.5 Å². The molecule has 1 N–H and O–H groups in total.